The van der Waals surface area contributed by atoms with Crippen LogP contribution in [0.5, 0.6) is 0 Å². The second-order valence-corrected chi connectivity index (χ2v) is 3.50. The van der Waals surface area contributed by atoms with Crippen molar-refractivity contribution in [2.45, 2.75) is 6.42 Å². The quantitative estimate of drug-likeness (QED) is 0.789. The minimum Gasteiger partial charge on any atom is -0.476 e. The number of hydrogen-bond donors (Lipinski definition) is 1. The van der Waals surface area contributed by atoms with E-state index in [9.17, 15) is 4.79 Å². The molecule has 70 valence electrons. The molecule has 1 aromatic rings. The Balaban J connectivity index is 2.64. The van der Waals surface area contributed by atoms with Crippen LogP contribution >= 0.6 is 22.9 Å². The molecule has 1 aromatic heterocycles. The Morgan fingerprint density at radius 1 is 1.77 bits per heavy atom. The Kier molecular flexibility index (Phi) is 3.92. The van der Waals surface area contributed by atoms with Gasteiger partial charge in [0, 0.05) is 11.3 Å². The first kappa shape index (κ1) is 10.2. The molecular formula is C8H8ClNO2S. The monoisotopic (exact) mass is 217 g/mol. The first-order valence-electron chi connectivity index (χ1n) is 3.65. The van der Waals surface area contributed by atoms with E-state index in [1.807, 2.05) is 6.08 Å². The number of rotatable bonds is 4. The van der Waals surface area contributed by atoms with Gasteiger partial charge in [-0.2, -0.15) is 0 Å². The third-order valence-corrected chi connectivity index (χ3v) is 2.34. The number of allylic oxidation sites excluding steroid dienone is 1. The average molecular weight is 218 g/mol. The molecule has 0 spiro atoms. The number of nitrogens with zero attached hydrogens (tertiary/aromatic N) is 1. The molecule has 0 bridgehead atoms. The maximum atomic E-state index is 10.4. The predicted octanol–water partition coefficient (Wildman–Crippen LogP) is 2.48. The Hall–Kier alpha value is -0.870. The van der Waals surface area contributed by atoms with Gasteiger partial charge >= 0.3 is 5.97 Å². The van der Waals surface area contributed by atoms with Crippen LogP contribution in [0.3, 0.4) is 0 Å². The lowest BCUT2D eigenvalue weighted by atomic mass is 10.3. The molecule has 0 saturated heterocycles. The molecular weight excluding hydrogens is 210 g/mol. The van der Waals surface area contributed by atoms with Gasteiger partial charge in [0.1, 0.15) is 0 Å². The molecule has 1 N–H and O–H groups in total. The van der Waals surface area contributed by atoms with Crippen molar-refractivity contribution >= 4 is 35.0 Å². The van der Waals surface area contributed by atoms with Crippen molar-refractivity contribution in [2.24, 2.45) is 0 Å². The van der Waals surface area contributed by atoms with Gasteiger partial charge in [0.2, 0.25) is 5.01 Å². The van der Waals surface area contributed by atoms with Gasteiger partial charge in [0.25, 0.3) is 0 Å². The summed E-state index contributed by atoms with van der Waals surface area (Å²) in [4.78, 5) is 14.3. The normalized spacial score (nSPS) is 10.8. The van der Waals surface area contributed by atoms with Gasteiger partial charge in [-0.25, -0.2) is 9.78 Å². The number of aromatic nitrogens is 1. The fourth-order valence-electron chi connectivity index (χ4n) is 0.728. The molecule has 1 heterocycles. The van der Waals surface area contributed by atoms with Gasteiger partial charge in [0.05, 0.1) is 5.69 Å². The van der Waals surface area contributed by atoms with E-state index in [0.717, 1.165) is 17.8 Å². The first-order valence-corrected chi connectivity index (χ1v) is 5.07. The van der Waals surface area contributed by atoms with E-state index < -0.39 is 5.97 Å². The van der Waals surface area contributed by atoms with Crippen molar-refractivity contribution in [1.82, 2.24) is 4.98 Å². The molecule has 0 radical (unpaired) electrons. The summed E-state index contributed by atoms with van der Waals surface area (Å²) < 4.78 is 0. The van der Waals surface area contributed by atoms with Crippen LogP contribution in [-0.4, -0.2) is 21.9 Å². The maximum absolute atomic E-state index is 10.4. The van der Waals surface area contributed by atoms with Crippen molar-refractivity contribution in [3.63, 3.8) is 0 Å². The van der Waals surface area contributed by atoms with Crippen LogP contribution in [0.25, 0.3) is 6.08 Å². The standard InChI is InChI=1S/C8H8ClNO2S/c9-4-2-1-3-6-5-13-7(10-6)8(11)12/h1,3,5H,2,4H2,(H,11,12). The summed E-state index contributed by atoms with van der Waals surface area (Å²) >= 11 is 6.58. The van der Waals surface area contributed by atoms with E-state index >= 15 is 0 Å². The summed E-state index contributed by atoms with van der Waals surface area (Å²) in [7, 11) is 0. The van der Waals surface area contributed by atoms with Gasteiger partial charge in [-0.15, -0.1) is 22.9 Å². The zero-order valence-electron chi connectivity index (χ0n) is 6.74. The topological polar surface area (TPSA) is 50.2 Å². The number of halogens is 1. The molecule has 0 unspecified atom stereocenters. The van der Waals surface area contributed by atoms with Crippen molar-refractivity contribution < 1.29 is 9.90 Å². The molecule has 0 aromatic carbocycles. The van der Waals surface area contributed by atoms with Crippen LogP contribution in [0.15, 0.2) is 11.5 Å². The van der Waals surface area contributed by atoms with E-state index in [1.165, 1.54) is 0 Å². The van der Waals surface area contributed by atoms with Gasteiger partial charge in [-0.3, -0.25) is 0 Å². The second kappa shape index (κ2) is 4.99. The largest absolute Gasteiger partial charge is 0.476 e. The summed E-state index contributed by atoms with van der Waals surface area (Å²) in [5.41, 5.74) is 0.674. The number of aromatic carboxylic acids is 1. The average Bonchev–Trinajstić information content (AvgIpc) is 2.53. The number of hydrogen-bond acceptors (Lipinski definition) is 3. The number of carbonyl (C=O) groups is 1. The molecule has 3 nitrogen and oxygen atoms in total. The number of thiazole rings is 1. The minimum absolute atomic E-state index is 0.116. The Morgan fingerprint density at radius 2 is 2.54 bits per heavy atom. The SMILES string of the molecule is O=C(O)c1nc(C=CCCCl)cs1. The lowest BCUT2D eigenvalue weighted by Crippen LogP contribution is -1.93. The number of carboxylic acid groups (broad SMARTS) is 1. The molecule has 0 aliphatic heterocycles. The molecule has 0 aliphatic carbocycles. The van der Waals surface area contributed by atoms with E-state index in [0.29, 0.717) is 11.6 Å². The van der Waals surface area contributed by atoms with E-state index in [4.69, 9.17) is 16.7 Å². The molecule has 0 amide bonds. The molecule has 13 heavy (non-hydrogen) atoms. The summed E-state index contributed by atoms with van der Waals surface area (Å²) in [5, 5.41) is 10.4. The van der Waals surface area contributed by atoms with Crippen molar-refractivity contribution in [3.05, 3.63) is 22.2 Å². The third kappa shape index (κ3) is 3.16. The van der Waals surface area contributed by atoms with Gasteiger partial charge in [-0.1, -0.05) is 6.08 Å². The summed E-state index contributed by atoms with van der Waals surface area (Å²) in [6.45, 7) is 0. The zero-order valence-corrected chi connectivity index (χ0v) is 8.31. The third-order valence-electron chi connectivity index (χ3n) is 1.27. The van der Waals surface area contributed by atoms with Crippen molar-refractivity contribution in [1.29, 1.82) is 0 Å². The molecule has 1 rings (SSSR count). The Labute approximate surface area is 84.7 Å². The van der Waals surface area contributed by atoms with Crippen LogP contribution in [0.4, 0.5) is 0 Å². The van der Waals surface area contributed by atoms with Crippen LogP contribution in [0.1, 0.15) is 21.9 Å². The summed E-state index contributed by atoms with van der Waals surface area (Å²) in [6, 6.07) is 0. The molecule has 0 atom stereocenters. The summed E-state index contributed by atoms with van der Waals surface area (Å²) in [6.07, 6.45) is 4.40. The van der Waals surface area contributed by atoms with Crippen LogP contribution < -0.4 is 0 Å². The van der Waals surface area contributed by atoms with Crippen molar-refractivity contribution in [3.8, 4) is 0 Å². The second-order valence-electron chi connectivity index (χ2n) is 2.26. The fraction of sp³-hybridized carbons (Fsp3) is 0.250. The van der Waals surface area contributed by atoms with Gasteiger partial charge in [-0.05, 0) is 12.5 Å². The van der Waals surface area contributed by atoms with Crippen LogP contribution in [-0.2, 0) is 0 Å². The van der Waals surface area contributed by atoms with Crippen molar-refractivity contribution in [2.75, 3.05) is 5.88 Å². The highest BCUT2D eigenvalue weighted by atomic mass is 35.5. The lowest BCUT2D eigenvalue weighted by molar-refractivity contribution is 0.0696. The fourth-order valence-corrected chi connectivity index (χ4v) is 1.48. The van der Waals surface area contributed by atoms with E-state index in [-0.39, 0.29) is 5.01 Å². The Bertz CT molecular complexity index is 322. The van der Waals surface area contributed by atoms with Crippen LogP contribution in [0.2, 0.25) is 0 Å². The highest BCUT2D eigenvalue weighted by Crippen LogP contribution is 2.11. The van der Waals surface area contributed by atoms with Gasteiger partial charge < -0.3 is 5.11 Å². The van der Waals surface area contributed by atoms with E-state index in [2.05, 4.69) is 4.98 Å². The first-order chi connectivity index (χ1) is 6.24. The molecule has 0 aliphatic rings. The van der Waals surface area contributed by atoms with E-state index in [1.54, 1.807) is 11.5 Å². The highest BCUT2D eigenvalue weighted by Gasteiger charge is 2.06. The summed E-state index contributed by atoms with van der Waals surface area (Å²) in [5.74, 6) is -0.422. The zero-order chi connectivity index (χ0) is 9.68. The molecule has 0 saturated carbocycles. The lowest BCUT2D eigenvalue weighted by Gasteiger charge is -1.83. The number of carboxylic acids is 1. The van der Waals surface area contributed by atoms with Crippen LogP contribution in [0, 0.1) is 0 Å². The molecule has 5 heteroatoms. The van der Waals surface area contributed by atoms with Gasteiger partial charge in [0.15, 0.2) is 0 Å². The predicted molar refractivity (Wildman–Crippen MR) is 53.4 cm³/mol. The molecule has 0 fully saturated rings. The highest BCUT2D eigenvalue weighted by molar-refractivity contribution is 7.11. The minimum atomic E-state index is -0.984. The Morgan fingerprint density at radius 3 is 3.08 bits per heavy atom. The smallest absolute Gasteiger partial charge is 0.365 e. The maximum Gasteiger partial charge on any atom is 0.365 e. The number of alkyl halides is 1.